The molecule has 114 valence electrons. The van der Waals surface area contributed by atoms with Crippen LogP contribution in [0.3, 0.4) is 0 Å². The molecule has 0 atom stereocenters. The highest BCUT2D eigenvalue weighted by Gasteiger charge is 2.26. The fourth-order valence-electron chi connectivity index (χ4n) is 2.36. The molecule has 0 unspecified atom stereocenters. The number of hydrogen-bond acceptors (Lipinski definition) is 3. The first-order valence-corrected chi connectivity index (χ1v) is 6.85. The normalized spacial score (nSPS) is 15.2. The van der Waals surface area contributed by atoms with Gasteiger partial charge in [0.25, 0.3) is 5.91 Å². The molecule has 0 saturated carbocycles. The van der Waals surface area contributed by atoms with Crippen molar-refractivity contribution in [1.29, 1.82) is 0 Å². The predicted molar refractivity (Wildman–Crippen MR) is 75.5 cm³/mol. The molecule has 2 amide bonds. The molecule has 6 heteroatoms. The molecule has 1 fully saturated rings. The summed E-state index contributed by atoms with van der Waals surface area (Å²) >= 11 is 0. The standard InChI is InChI=1S/C15H19FN2O3/c1-11-4-3-5-12(14(11)16)15(20)18-8-6-17(7-9-18)13(19)10-21-2/h3-5H,6-10H2,1-2H3. The van der Waals surface area contributed by atoms with E-state index in [2.05, 4.69) is 0 Å². The zero-order valence-electron chi connectivity index (χ0n) is 12.3. The number of hydrogen-bond donors (Lipinski definition) is 0. The minimum absolute atomic E-state index is 0.0421. The van der Waals surface area contributed by atoms with Crippen molar-refractivity contribution in [2.45, 2.75) is 6.92 Å². The quantitative estimate of drug-likeness (QED) is 0.838. The van der Waals surface area contributed by atoms with Gasteiger partial charge in [0, 0.05) is 33.3 Å². The van der Waals surface area contributed by atoms with Gasteiger partial charge < -0.3 is 14.5 Å². The highest BCUT2D eigenvalue weighted by Crippen LogP contribution is 2.15. The minimum atomic E-state index is -0.472. The number of carbonyl (C=O) groups is 2. The van der Waals surface area contributed by atoms with Gasteiger partial charge in [-0.3, -0.25) is 9.59 Å². The van der Waals surface area contributed by atoms with Crippen LogP contribution in [0.15, 0.2) is 18.2 Å². The van der Waals surface area contributed by atoms with Crippen molar-refractivity contribution in [2.24, 2.45) is 0 Å². The molecule has 0 N–H and O–H groups in total. The minimum Gasteiger partial charge on any atom is -0.375 e. The molecular weight excluding hydrogens is 275 g/mol. The Morgan fingerprint density at radius 2 is 1.81 bits per heavy atom. The molecule has 1 aliphatic heterocycles. The molecule has 1 aromatic carbocycles. The first-order chi connectivity index (χ1) is 10.0. The first kappa shape index (κ1) is 15.4. The molecule has 1 saturated heterocycles. The molecule has 0 spiro atoms. The molecular formula is C15H19FN2O3. The lowest BCUT2D eigenvalue weighted by Crippen LogP contribution is -2.51. The summed E-state index contributed by atoms with van der Waals surface area (Å²) in [4.78, 5) is 27.2. The number of benzene rings is 1. The van der Waals surface area contributed by atoms with Gasteiger partial charge in [-0.2, -0.15) is 0 Å². The van der Waals surface area contributed by atoms with Gasteiger partial charge in [-0.05, 0) is 18.6 Å². The Labute approximate surface area is 123 Å². The maximum Gasteiger partial charge on any atom is 0.256 e. The Morgan fingerprint density at radius 3 is 2.43 bits per heavy atom. The zero-order valence-corrected chi connectivity index (χ0v) is 12.3. The Morgan fingerprint density at radius 1 is 1.19 bits per heavy atom. The fraction of sp³-hybridized carbons (Fsp3) is 0.467. The number of halogens is 1. The van der Waals surface area contributed by atoms with Crippen LogP contribution in [0.5, 0.6) is 0 Å². The third-order valence-corrected chi connectivity index (χ3v) is 3.61. The Bertz CT molecular complexity index is 540. The van der Waals surface area contributed by atoms with Crippen LogP contribution in [0.2, 0.25) is 0 Å². The van der Waals surface area contributed by atoms with Gasteiger partial charge in [-0.1, -0.05) is 12.1 Å². The van der Waals surface area contributed by atoms with Gasteiger partial charge >= 0.3 is 0 Å². The fourth-order valence-corrected chi connectivity index (χ4v) is 2.36. The third-order valence-electron chi connectivity index (χ3n) is 3.61. The second-order valence-electron chi connectivity index (χ2n) is 5.04. The van der Waals surface area contributed by atoms with Crippen molar-refractivity contribution in [3.05, 3.63) is 35.1 Å². The van der Waals surface area contributed by atoms with Crippen molar-refractivity contribution in [3.63, 3.8) is 0 Å². The van der Waals surface area contributed by atoms with Crippen molar-refractivity contribution < 1.29 is 18.7 Å². The van der Waals surface area contributed by atoms with Crippen LogP contribution in [0.25, 0.3) is 0 Å². The lowest BCUT2D eigenvalue weighted by atomic mass is 10.1. The molecule has 1 aromatic rings. The molecule has 0 radical (unpaired) electrons. The maximum absolute atomic E-state index is 14.0. The first-order valence-electron chi connectivity index (χ1n) is 6.85. The van der Waals surface area contributed by atoms with E-state index >= 15 is 0 Å². The Kier molecular flexibility index (Phi) is 4.90. The summed E-state index contributed by atoms with van der Waals surface area (Å²) in [5.74, 6) is -0.887. The summed E-state index contributed by atoms with van der Waals surface area (Å²) in [5, 5.41) is 0. The molecule has 0 bridgehead atoms. The van der Waals surface area contributed by atoms with E-state index < -0.39 is 5.82 Å². The number of amides is 2. The van der Waals surface area contributed by atoms with Crippen molar-refractivity contribution in [2.75, 3.05) is 39.9 Å². The summed E-state index contributed by atoms with van der Waals surface area (Å²) in [5.41, 5.74) is 0.543. The highest BCUT2D eigenvalue weighted by atomic mass is 19.1. The van der Waals surface area contributed by atoms with Crippen LogP contribution in [-0.2, 0) is 9.53 Å². The largest absolute Gasteiger partial charge is 0.375 e. The number of aryl methyl sites for hydroxylation is 1. The average Bonchev–Trinajstić information content (AvgIpc) is 2.50. The lowest BCUT2D eigenvalue weighted by molar-refractivity contribution is -0.136. The van der Waals surface area contributed by atoms with E-state index in [1.807, 2.05) is 0 Å². The highest BCUT2D eigenvalue weighted by molar-refractivity contribution is 5.95. The molecule has 0 aromatic heterocycles. The number of ether oxygens (including phenoxy) is 1. The van der Waals surface area contributed by atoms with Gasteiger partial charge in [0.15, 0.2) is 0 Å². The number of rotatable bonds is 3. The van der Waals surface area contributed by atoms with E-state index in [0.29, 0.717) is 31.7 Å². The molecule has 1 aliphatic rings. The van der Waals surface area contributed by atoms with E-state index in [0.717, 1.165) is 0 Å². The van der Waals surface area contributed by atoms with E-state index in [1.54, 1.807) is 28.9 Å². The van der Waals surface area contributed by atoms with Crippen LogP contribution >= 0.6 is 0 Å². The summed E-state index contributed by atoms with van der Waals surface area (Å²) in [6.45, 7) is 3.37. The Balaban J connectivity index is 2.00. The summed E-state index contributed by atoms with van der Waals surface area (Å²) in [6.07, 6.45) is 0. The topological polar surface area (TPSA) is 49.9 Å². The van der Waals surface area contributed by atoms with Crippen molar-refractivity contribution >= 4 is 11.8 Å². The van der Waals surface area contributed by atoms with Crippen LogP contribution in [0.1, 0.15) is 15.9 Å². The second-order valence-corrected chi connectivity index (χ2v) is 5.04. The van der Waals surface area contributed by atoms with Crippen LogP contribution in [0, 0.1) is 12.7 Å². The van der Waals surface area contributed by atoms with Crippen LogP contribution in [0.4, 0.5) is 4.39 Å². The van der Waals surface area contributed by atoms with Gasteiger partial charge in [0.05, 0.1) is 5.56 Å². The maximum atomic E-state index is 14.0. The number of methoxy groups -OCH3 is 1. The third kappa shape index (κ3) is 3.39. The molecule has 21 heavy (non-hydrogen) atoms. The van der Waals surface area contributed by atoms with Crippen LogP contribution in [-0.4, -0.2) is 61.5 Å². The van der Waals surface area contributed by atoms with E-state index in [1.165, 1.54) is 13.2 Å². The number of carbonyl (C=O) groups excluding carboxylic acids is 2. The van der Waals surface area contributed by atoms with E-state index in [4.69, 9.17) is 4.74 Å². The lowest BCUT2D eigenvalue weighted by Gasteiger charge is -2.34. The predicted octanol–water partition coefficient (Wildman–Crippen LogP) is 1.06. The van der Waals surface area contributed by atoms with Crippen LogP contribution < -0.4 is 0 Å². The number of piperazine rings is 1. The zero-order chi connectivity index (χ0) is 15.4. The van der Waals surface area contributed by atoms with Gasteiger partial charge in [-0.25, -0.2) is 4.39 Å². The van der Waals surface area contributed by atoms with E-state index in [9.17, 15) is 14.0 Å². The van der Waals surface area contributed by atoms with Gasteiger partial charge in [-0.15, -0.1) is 0 Å². The number of nitrogens with zero attached hydrogens (tertiary/aromatic N) is 2. The Hall–Kier alpha value is -1.95. The monoisotopic (exact) mass is 294 g/mol. The summed E-state index contributed by atoms with van der Waals surface area (Å²) in [7, 11) is 1.47. The van der Waals surface area contributed by atoms with Gasteiger partial charge in [0.2, 0.25) is 5.91 Å². The van der Waals surface area contributed by atoms with E-state index in [-0.39, 0.29) is 24.0 Å². The van der Waals surface area contributed by atoms with Gasteiger partial charge in [0.1, 0.15) is 12.4 Å². The van der Waals surface area contributed by atoms with Crippen molar-refractivity contribution in [1.82, 2.24) is 9.80 Å². The molecule has 2 rings (SSSR count). The summed E-state index contributed by atoms with van der Waals surface area (Å²) < 4.78 is 18.8. The summed E-state index contributed by atoms with van der Waals surface area (Å²) in [6, 6.07) is 4.80. The SMILES string of the molecule is COCC(=O)N1CCN(C(=O)c2cccc(C)c2F)CC1. The second kappa shape index (κ2) is 6.67. The van der Waals surface area contributed by atoms with Crippen molar-refractivity contribution in [3.8, 4) is 0 Å². The average molecular weight is 294 g/mol. The molecule has 1 heterocycles. The molecule has 5 nitrogen and oxygen atoms in total. The smallest absolute Gasteiger partial charge is 0.256 e. The molecule has 0 aliphatic carbocycles.